The van der Waals surface area contributed by atoms with Gasteiger partial charge in [-0.3, -0.25) is 9.59 Å². The predicted molar refractivity (Wildman–Crippen MR) is 155 cm³/mol. The Labute approximate surface area is 243 Å². The molecule has 0 spiro atoms. The molecule has 12 heteroatoms. The lowest BCUT2D eigenvalue weighted by atomic mass is 9.95. The number of alkyl halides is 3. The van der Waals surface area contributed by atoms with Crippen LogP contribution in [0.3, 0.4) is 0 Å². The van der Waals surface area contributed by atoms with Crippen molar-refractivity contribution in [1.29, 1.82) is 0 Å². The highest BCUT2D eigenvalue weighted by Crippen LogP contribution is 2.38. The number of carbonyl (C=O) groups excluding carboxylic acids is 2. The highest BCUT2D eigenvalue weighted by atomic mass is 35.5. The van der Waals surface area contributed by atoms with Gasteiger partial charge in [0.1, 0.15) is 5.00 Å². The van der Waals surface area contributed by atoms with E-state index in [4.69, 9.17) is 16.7 Å². The quantitative estimate of drug-likeness (QED) is 0.132. The standard InChI is InChI=1S/C28H27ClF3N3O3S2/c29-22-10-9-17(14-21(22)28(30,31)32)15-33-35-26(38)24-20-7-1-2-8-23(20)40-27(24)34-25(37)19-6-3-5-18(13-19)16-39-12-4-11-36/h3,5-6,9-10,13-15,36H,1-2,4,7-8,11-12,16H2,(H,34,37)(H,35,38). The summed E-state index contributed by atoms with van der Waals surface area (Å²) in [5.74, 6) is 0.623. The third-order valence-corrected chi connectivity index (χ3v) is 8.86. The van der Waals surface area contributed by atoms with E-state index in [-0.39, 0.29) is 18.1 Å². The highest BCUT2D eigenvalue weighted by molar-refractivity contribution is 7.98. The number of fused-ring (bicyclic) bond motifs is 1. The fourth-order valence-electron chi connectivity index (χ4n) is 4.29. The number of nitrogens with one attached hydrogen (secondary N) is 2. The molecule has 3 N–H and O–H groups in total. The molecular weight excluding hydrogens is 583 g/mol. The molecule has 3 aromatic rings. The number of aliphatic hydroxyl groups excluding tert-OH is 1. The van der Waals surface area contributed by atoms with E-state index in [1.807, 2.05) is 6.07 Å². The number of carbonyl (C=O) groups is 2. The van der Waals surface area contributed by atoms with Crippen LogP contribution in [0.15, 0.2) is 47.6 Å². The van der Waals surface area contributed by atoms with Crippen LogP contribution in [0.1, 0.15) is 67.1 Å². The highest BCUT2D eigenvalue weighted by Gasteiger charge is 2.33. The number of nitrogens with zero attached hydrogens (tertiary/aromatic N) is 1. The smallest absolute Gasteiger partial charge is 0.396 e. The van der Waals surface area contributed by atoms with Crippen LogP contribution in [0.4, 0.5) is 18.2 Å². The molecule has 2 amide bonds. The lowest BCUT2D eigenvalue weighted by molar-refractivity contribution is -0.137. The van der Waals surface area contributed by atoms with Gasteiger partial charge in [-0.05, 0) is 78.8 Å². The monoisotopic (exact) mass is 609 g/mol. The largest absolute Gasteiger partial charge is 0.417 e. The lowest BCUT2D eigenvalue weighted by Gasteiger charge is -2.12. The Morgan fingerprint density at radius 3 is 2.70 bits per heavy atom. The average molecular weight is 610 g/mol. The second kappa shape index (κ2) is 13.7. The number of thiophene rings is 1. The molecule has 212 valence electrons. The van der Waals surface area contributed by atoms with Crippen LogP contribution in [0.5, 0.6) is 0 Å². The van der Waals surface area contributed by atoms with Gasteiger partial charge < -0.3 is 10.4 Å². The van der Waals surface area contributed by atoms with Crippen molar-refractivity contribution in [3.8, 4) is 0 Å². The van der Waals surface area contributed by atoms with Crippen LogP contribution in [-0.2, 0) is 24.8 Å². The topological polar surface area (TPSA) is 90.8 Å². The molecule has 0 aliphatic heterocycles. The SMILES string of the molecule is O=C(Nc1sc2c(c1C(=O)NN=Cc1ccc(Cl)c(C(F)(F)F)c1)CCCC2)c1cccc(CSCCCO)c1. The predicted octanol–water partition coefficient (Wildman–Crippen LogP) is 6.93. The molecule has 2 aromatic carbocycles. The van der Waals surface area contributed by atoms with Crippen molar-refractivity contribution in [2.24, 2.45) is 5.10 Å². The van der Waals surface area contributed by atoms with Crippen LogP contribution in [0.2, 0.25) is 5.02 Å². The van der Waals surface area contributed by atoms with Crippen LogP contribution in [-0.4, -0.2) is 35.5 Å². The van der Waals surface area contributed by atoms with E-state index < -0.39 is 22.7 Å². The Bertz CT molecular complexity index is 1410. The molecule has 1 aliphatic carbocycles. The minimum Gasteiger partial charge on any atom is -0.396 e. The molecule has 4 rings (SSSR count). The molecular formula is C28H27ClF3N3O3S2. The van der Waals surface area contributed by atoms with Gasteiger partial charge in [0.2, 0.25) is 0 Å². The summed E-state index contributed by atoms with van der Waals surface area (Å²) in [4.78, 5) is 27.4. The molecule has 1 aliphatic rings. The zero-order valence-corrected chi connectivity index (χ0v) is 23.7. The minimum atomic E-state index is -4.62. The number of hydrogen-bond acceptors (Lipinski definition) is 6. The van der Waals surface area contributed by atoms with Crippen molar-refractivity contribution in [2.75, 3.05) is 17.7 Å². The molecule has 40 heavy (non-hydrogen) atoms. The third-order valence-electron chi connectivity index (χ3n) is 6.21. The number of aryl methyl sites for hydroxylation is 1. The van der Waals surface area contributed by atoms with E-state index in [0.717, 1.165) is 59.4 Å². The number of hydrogen-bond donors (Lipinski definition) is 3. The van der Waals surface area contributed by atoms with Crippen LogP contribution < -0.4 is 10.7 Å². The van der Waals surface area contributed by atoms with Crippen LogP contribution in [0, 0.1) is 0 Å². The van der Waals surface area contributed by atoms with E-state index in [0.29, 0.717) is 34.7 Å². The third kappa shape index (κ3) is 7.66. The van der Waals surface area contributed by atoms with E-state index in [1.165, 1.54) is 17.4 Å². The van der Waals surface area contributed by atoms with Crippen molar-refractivity contribution in [3.63, 3.8) is 0 Å². The van der Waals surface area contributed by atoms with Gasteiger partial charge in [-0.1, -0.05) is 29.8 Å². The normalized spacial score (nSPS) is 13.3. The molecule has 6 nitrogen and oxygen atoms in total. The summed E-state index contributed by atoms with van der Waals surface area (Å²) in [5, 5.41) is 15.7. The Hall–Kier alpha value is -2.86. The molecule has 0 saturated heterocycles. The maximum Gasteiger partial charge on any atom is 0.417 e. The number of anilines is 1. The fraction of sp³-hybridized carbons (Fsp3) is 0.321. The molecule has 1 aromatic heterocycles. The molecule has 0 saturated carbocycles. The van der Waals surface area contributed by atoms with Gasteiger partial charge in [-0.15, -0.1) is 11.3 Å². The number of amides is 2. The first-order chi connectivity index (χ1) is 19.2. The first-order valence-corrected chi connectivity index (χ1v) is 15.0. The summed E-state index contributed by atoms with van der Waals surface area (Å²) in [5.41, 5.74) is 4.15. The molecule has 0 unspecified atom stereocenters. The van der Waals surface area contributed by atoms with Gasteiger partial charge >= 0.3 is 6.18 Å². The summed E-state index contributed by atoms with van der Waals surface area (Å²) in [6.07, 6.45) is 0.564. The second-order valence-electron chi connectivity index (χ2n) is 9.14. The Morgan fingerprint density at radius 2 is 1.93 bits per heavy atom. The van der Waals surface area contributed by atoms with Gasteiger partial charge in [0.25, 0.3) is 11.8 Å². The Morgan fingerprint density at radius 1 is 1.12 bits per heavy atom. The van der Waals surface area contributed by atoms with Crippen molar-refractivity contribution in [3.05, 3.63) is 85.7 Å². The van der Waals surface area contributed by atoms with E-state index in [1.54, 1.807) is 30.0 Å². The van der Waals surface area contributed by atoms with Crippen molar-refractivity contribution in [2.45, 2.75) is 44.0 Å². The van der Waals surface area contributed by atoms with Crippen molar-refractivity contribution >= 4 is 57.7 Å². The number of hydrazone groups is 1. The Balaban J connectivity index is 1.51. The van der Waals surface area contributed by atoms with Crippen molar-refractivity contribution < 1.29 is 27.9 Å². The van der Waals surface area contributed by atoms with Crippen molar-refractivity contribution in [1.82, 2.24) is 5.43 Å². The fourth-order valence-corrected chi connectivity index (χ4v) is 6.69. The van der Waals surface area contributed by atoms with Gasteiger partial charge in [0, 0.05) is 22.8 Å². The van der Waals surface area contributed by atoms with E-state index in [2.05, 4.69) is 15.8 Å². The maximum absolute atomic E-state index is 13.2. The summed E-state index contributed by atoms with van der Waals surface area (Å²) < 4.78 is 39.5. The number of aliphatic hydroxyl groups is 1. The van der Waals surface area contributed by atoms with Gasteiger partial charge in [-0.25, -0.2) is 5.43 Å². The van der Waals surface area contributed by atoms with Gasteiger partial charge in [-0.2, -0.15) is 30.0 Å². The minimum absolute atomic E-state index is 0.118. The maximum atomic E-state index is 13.2. The molecule has 0 radical (unpaired) electrons. The van der Waals surface area contributed by atoms with Gasteiger partial charge in [0.05, 0.1) is 22.4 Å². The zero-order valence-electron chi connectivity index (χ0n) is 21.3. The molecule has 0 atom stereocenters. The van der Waals surface area contributed by atoms with Crippen LogP contribution >= 0.6 is 34.7 Å². The number of thioether (sulfide) groups is 1. The summed E-state index contributed by atoms with van der Waals surface area (Å²) in [6, 6.07) is 10.6. The van der Waals surface area contributed by atoms with Crippen LogP contribution in [0.25, 0.3) is 0 Å². The van der Waals surface area contributed by atoms with E-state index >= 15 is 0 Å². The first kappa shape index (κ1) is 30.1. The number of benzene rings is 2. The first-order valence-electron chi connectivity index (χ1n) is 12.6. The molecule has 0 fully saturated rings. The number of rotatable bonds is 10. The van der Waals surface area contributed by atoms with Gasteiger partial charge in [0.15, 0.2) is 0 Å². The Kier molecular flexibility index (Phi) is 10.3. The summed E-state index contributed by atoms with van der Waals surface area (Å²) in [6.45, 7) is 0.140. The molecule has 1 heterocycles. The summed E-state index contributed by atoms with van der Waals surface area (Å²) >= 11 is 8.70. The molecule has 0 bridgehead atoms. The number of halogens is 4. The second-order valence-corrected chi connectivity index (χ2v) is 11.8. The summed E-state index contributed by atoms with van der Waals surface area (Å²) in [7, 11) is 0. The lowest BCUT2D eigenvalue weighted by Crippen LogP contribution is -2.22. The zero-order chi connectivity index (χ0) is 28.7. The van der Waals surface area contributed by atoms with E-state index in [9.17, 15) is 22.8 Å². The average Bonchev–Trinajstić information content (AvgIpc) is 3.29.